The molecule has 0 spiro atoms. The van der Waals surface area contributed by atoms with Crippen molar-refractivity contribution in [1.29, 1.82) is 0 Å². The minimum Gasteiger partial charge on any atom is -0.368 e. The van der Waals surface area contributed by atoms with E-state index in [1.165, 1.54) is 16.7 Å². The number of nitrogens with zero attached hydrogens (tertiary/aromatic N) is 1. The number of para-hydroxylation sites is 1. The van der Waals surface area contributed by atoms with Gasteiger partial charge in [-0.25, -0.2) is 0 Å². The molecule has 0 bridgehead atoms. The Balaban J connectivity index is 1.74. The third-order valence-electron chi connectivity index (χ3n) is 5.30. The van der Waals surface area contributed by atoms with E-state index in [4.69, 9.17) is 5.73 Å². The highest BCUT2D eigenvalue weighted by atomic mass is 32.2. The van der Waals surface area contributed by atoms with Gasteiger partial charge in [-0.1, -0.05) is 42.5 Å². The van der Waals surface area contributed by atoms with Crippen molar-refractivity contribution in [3.63, 3.8) is 0 Å². The van der Waals surface area contributed by atoms with E-state index in [2.05, 4.69) is 10.6 Å². The Labute approximate surface area is 183 Å². The van der Waals surface area contributed by atoms with Gasteiger partial charge in [-0.2, -0.15) is 0 Å². The van der Waals surface area contributed by atoms with Crippen molar-refractivity contribution >= 4 is 41.1 Å². The minimum absolute atomic E-state index is 0.191. The van der Waals surface area contributed by atoms with Crippen LogP contribution in [0.15, 0.2) is 59.5 Å². The number of primary amides is 1. The molecule has 0 saturated carbocycles. The molecule has 4 amide bonds. The smallest absolute Gasteiger partial charge is 0.251 e. The van der Waals surface area contributed by atoms with Gasteiger partial charge in [0.2, 0.25) is 17.7 Å². The molecular weight excluding hydrogens is 416 g/mol. The van der Waals surface area contributed by atoms with Crippen LogP contribution in [0.3, 0.4) is 0 Å². The maximum Gasteiger partial charge on any atom is 0.251 e. The number of carbonyl (C=O) groups excluding carboxylic acids is 4. The van der Waals surface area contributed by atoms with Gasteiger partial charge < -0.3 is 21.3 Å². The zero-order valence-electron chi connectivity index (χ0n) is 16.6. The number of fused-ring (bicyclic) bond motifs is 1. The Morgan fingerprint density at radius 3 is 2.48 bits per heavy atom. The van der Waals surface area contributed by atoms with Crippen LogP contribution in [0.2, 0.25) is 0 Å². The standard InChI is InChI=1S/C22H22N4O4S/c23-17(27)12-26-15-8-4-5-9-16(15)31-20(13-6-2-1-3-7-13)19(22(26)30)25-21(29)14-10-11-18(28)24-14/h1-9,14,19-20H,10-12H2,(H2,23,27)(H,24,28)(H,25,29)/t14-,19+,20+/m0/s1. The van der Waals surface area contributed by atoms with E-state index < -0.39 is 35.1 Å². The summed E-state index contributed by atoms with van der Waals surface area (Å²) in [5.41, 5.74) is 6.86. The summed E-state index contributed by atoms with van der Waals surface area (Å²) >= 11 is 1.44. The predicted molar refractivity (Wildman–Crippen MR) is 116 cm³/mol. The summed E-state index contributed by atoms with van der Waals surface area (Å²) < 4.78 is 0. The summed E-state index contributed by atoms with van der Waals surface area (Å²) in [6, 6.07) is 15.0. The fourth-order valence-corrected chi connectivity index (χ4v) is 5.17. The molecule has 3 atom stereocenters. The molecule has 2 aliphatic heterocycles. The summed E-state index contributed by atoms with van der Waals surface area (Å²) in [5, 5.41) is 5.04. The molecule has 2 aliphatic rings. The number of hydrogen-bond acceptors (Lipinski definition) is 5. The van der Waals surface area contributed by atoms with Crippen molar-refractivity contribution in [2.45, 2.75) is 35.1 Å². The first kappa shape index (κ1) is 20.9. The first-order valence-corrected chi connectivity index (χ1v) is 10.8. The number of carbonyl (C=O) groups is 4. The lowest BCUT2D eigenvalue weighted by Crippen LogP contribution is -2.55. The fraction of sp³-hybridized carbons (Fsp3) is 0.273. The normalized spacial score (nSPS) is 23.0. The van der Waals surface area contributed by atoms with Gasteiger partial charge in [0.05, 0.1) is 10.9 Å². The van der Waals surface area contributed by atoms with E-state index in [1.54, 1.807) is 12.1 Å². The van der Waals surface area contributed by atoms with Gasteiger partial charge in [0.25, 0.3) is 5.91 Å². The van der Waals surface area contributed by atoms with E-state index in [0.29, 0.717) is 12.1 Å². The Kier molecular flexibility index (Phi) is 5.94. The molecule has 1 saturated heterocycles. The topological polar surface area (TPSA) is 122 Å². The van der Waals surface area contributed by atoms with Crippen molar-refractivity contribution in [1.82, 2.24) is 10.6 Å². The van der Waals surface area contributed by atoms with Crippen LogP contribution in [-0.2, 0) is 19.2 Å². The van der Waals surface area contributed by atoms with Crippen LogP contribution >= 0.6 is 11.8 Å². The Morgan fingerprint density at radius 1 is 1.10 bits per heavy atom. The number of anilines is 1. The van der Waals surface area contributed by atoms with Crippen LogP contribution in [0.1, 0.15) is 23.7 Å². The molecule has 0 aromatic heterocycles. The van der Waals surface area contributed by atoms with Crippen molar-refractivity contribution in [3.05, 3.63) is 60.2 Å². The highest BCUT2D eigenvalue weighted by molar-refractivity contribution is 7.99. The second-order valence-corrected chi connectivity index (χ2v) is 8.64. The summed E-state index contributed by atoms with van der Waals surface area (Å²) in [4.78, 5) is 52.0. The number of benzene rings is 2. The third-order valence-corrected chi connectivity index (χ3v) is 6.69. The van der Waals surface area contributed by atoms with Gasteiger partial charge in [0.1, 0.15) is 18.6 Å². The molecule has 0 radical (unpaired) electrons. The molecule has 31 heavy (non-hydrogen) atoms. The Hall–Kier alpha value is -3.33. The lowest BCUT2D eigenvalue weighted by atomic mass is 10.0. The quantitative estimate of drug-likeness (QED) is 0.646. The molecule has 0 unspecified atom stereocenters. The van der Waals surface area contributed by atoms with Crippen molar-refractivity contribution in [2.75, 3.05) is 11.4 Å². The third kappa shape index (κ3) is 4.41. The summed E-state index contributed by atoms with van der Waals surface area (Å²) in [5.74, 6) is -1.69. The number of amides is 4. The van der Waals surface area contributed by atoms with Gasteiger partial charge in [0, 0.05) is 11.3 Å². The van der Waals surface area contributed by atoms with Crippen molar-refractivity contribution in [2.24, 2.45) is 5.73 Å². The van der Waals surface area contributed by atoms with Crippen LogP contribution in [0.4, 0.5) is 5.69 Å². The number of hydrogen-bond donors (Lipinski definition) is 3. The lowest BCUT2D eigenvalue weighted by Gasteiger charge is -2.29. The summed E-state index contributed by atoms with van der Waals surface area (Å²) in [6.45, 7) is -0.301. The SMILES string of the molecule is NC(=O)CN1C(=O)[C@H](NC(=O)[C@@H]2CCC(=O)N2)[C@@H](c2ccccc2)Sc2ccccc21. The lowest BCUT2D eigenvalue weighted by molar-refractivity contribution is -0.129. The summed E-state index contributed by atoms with van der Waals surface area (Å²) in [7, 11) is 0. The number of thioether (sulfide) groups is 1. The van der Waals surface area contributed by atoms with Crippen LogP contribution < -0.4 is 21.3 Å². The zero-order valence-corrected chi connectivity index (χ0v) is 17.4. The zero-order chi connectivity index (χ0) is 22.0. The molecule has 4 rings (SSSR count). The average Bonchev–Trinajstić information content (AvgIpc) is 3.17. The molecule has 2 heterocycles. The van der Waals surface area contributed by atoms with E-state index in [9.17, 15) is 19.2 Å². The van der Waals surface area contributed by atoms with Gasteiger partial charge in [-0.05, 0) is 24.1 Å². The predicted octanol–water partition coefficient (Wildman–Crippen LogP) is 1.12. The fourth-order valence-electron chi connectivity index (χ4n) is 3.82. The first-order chi connectivity index (χ1) is 14.9. The van der Waals surface area contributed by atoms with Gasteiger partial charge in [-0.15, -0.1) is 11.8 Å². The molecule has 1 fully saturated rings. The molecule has 4 N–H and O–H groups in total. The van der Waals surface area contributed by atoms with E-state index in [1.807, 2.05) is 42.5 Å². The van der Waals surface area contributed by atoms with E-state index in [-0.39, 0.29) is 18.9 Å². The molecule has 9 heteroatoms. The van der Waals surface area contributed by atoms with Crippen LogP contribution in [0, 0.1) is 0 Å². The molecule has 2 aromatic carbocycles. The van der Waals surface area contributed by atoms with E-state index >= 15 is 0 Å². The summed E-state index contributed by atoms with van der Waals surface area (Å²) in [6.07, 6.45) is 0.646. The number of rotatable bonds is 5. The molecule has 8 nitrogen and oxygen atoms in total. The van der Waals surface area contributed by atoms with Crippen LogP contribution in [0.5, 0.6) is 0 Å². The Bertz CT molecular complexity index is 1030. The van der Waals surface area contributed by atoms with E-state index in [0.717, 1.165) is 10.5 Å². The molecular formula is C22H22N4O4S. The minimum atomic E-state index is -0.954. The maximum atomic E-state index is 13.6. The van der Waals surface area contributed by atoms with Crippen LogP contribution in [0.25, 0.3) is 0 Å². The van der Waals surface area contributed by atoms with Gasteiger partial charge >= 0.3 is 0 Å². The second kappa shape index (κ2) is 8.81. The highest BCUT2D eigenvalue weighted by Gasteiger charge is 2.41. The van der Waals surface area contributed by atoms with Crippen LogP contribution in [-0.4, -0.2) is 42.3 Å². The molecule has 160 valence electrons. The molecule has 2 aromatic rings. The van der Waals surface area contributed by atoms with Gasteiger partial charge in [-0.3, -0.25) is 19.2 Å². The number of nitrogens with one attached hydrogen (secondary N) is 2. The van der Waals surface area contributed by atoms with Crippen molar-refractivity contribution in [3.8, 4) is 0 Å². The van der Waals surface area contributed by atoms with Crippen molar-refractivity contribution < 1.29 is 19.2 Å². The largest absolute Gasteiger partial charge is 0.368 e. The monoisotopic (exact) mass is 438 g/mol. The first-order valence-electron chi connectivity index (χ1n) is 9.94. The number of nitrogens with two attached hydrogens (primary N) is 1. The average molecular weight is 439 g/mol. The van der Waals surface area contributed by atoms with Gasteiger partial charge in [0.15, 0.2) is 0 Å². The second-order valence-electron chi connectivity index (χ2n) is 7.45. The molecule has 0 aliphatic carbocycles. The highest BCUT2D eigenvalue weighted by Crippen LogP contribution is 2.45. The maximum absolute atomic E-state index is 13.6. The Morgan fingerprint density at radius 2 is 1.81 bits per heavy atom.